The number of hydrogen-bond acceptors (Lipinski definition) is 4. The lowest BCUT2D eigenvalue weighted by molar-refractivity contribution is 0.0630. The molecule has 5 nitrogen and oxygen atoms in total. The van der Waals surface area contributed by atoms with Gasteiger partial charge in [0.2, 0.25) is 0 Å². The number of halogens is 1. The molecule has 1 amide bonds. The number of ether oxygens (including phenoxy) is 2. The molecule has 2 unspecified atom stereocenters. The normalized spacial score (nSPS) is 21.1. The summed E-state index contributed by atoms with van der Waals surface area (Å²) in [7, 11) is 0. The predicted octanol–water partition coefficient (Wildman–Crippen LogP) is 4.15. The van der Waals surface area contributed by atoms with Crippen molar-refractivity contribution in [2.45, 2.75) is 58.3 Å². The van der Waals surface area contributed by atoms with Gasteiger partial charge in [-0.1, -0.05) is 0 Å². The standard InChI is InChI=1S/C17H25FN2O3/c1-11-5-7-13(22-11)10-19-15-9-12(6-8-14(15)18)20-16(21)23-17(2,3)4/h6,8-9,11,13,19H,5,7,10H2,1-4H3,(H,20,21). The molecule has 1 saturated heterocycles. The molecule has 1 aromatic carbocycles. The lowest BCUT2D eigenvalue weighted by Crippen LogP contribution is -2.27. The number of benzene rings is 1. The monoisotopic (exact) mass is 324 g/mol. The number of carbonyl (C=O) groups is 1. The fourth-order valence-corrected chi connectivity index (χ4v) is 2.42. The summed E-state index contributed by atoms with van der Waals surface area (Å²) in [4.78, 5) is 11.8. The van der Waals surface area contributed by atoms with Crippen molar-refractivity contribution in [1.82, 2.24) is 0 Å². The molecule has 2 N–H and O–H groups in total. The second-order valence-electron chi connectivity index (χ2n) is 6.85. The molecule has 0 spiro atoms. The van der Waals surface area contributed by atoms with E-state index in [1.807, 2.05) is 6.92 Å². The predicted molar refractivity (Wildman–Crippen MR) is 88.3 cm³/mol. The minimum Gasteiger partial charge on any atom is -0.444 e. The van der Waals surface area contributed by atoms with Gasteiger partial charge in [-0.15, -0.1) is 0 Å². The summed E-state index contributed by atoms with van der Waals surface area (Å²) >= 11 is 0. The van der Waals surface area contributed by atoms with Crippen LogP contribution in [0.5, 0.6) is 0 Å². The number of rotatable bonds is 4. The molecule has 0 saturated carbocycles. The van der Waals surface area contributed by atoms with E-state index in [4.69, 9.17) is 9.47 Å². The summed E-state index contributed by atoms with van der Waals surface area (Å²) in [6.45, 7) is 7.93. The van der Waals surface area contributed by atoms with Crippen molar-refractivity contribution in [3.63, 3.8) is 0 Å². The van der Waals surface area contributed by atoms with Crippen molar-refractivity contribution in [2.24, 2.45) is 0 Å². The van der Waals surface area contributed by atoms with E-state index in [1.165, 1.54) is 12.1 Å². The molecule has 1 heterocycles. The Morgan fingerprint density at radius 1 is 1.39 bits per heavy atom. The Balaban J connectivity index is 1.94. The molecule has 1 aliphatic rings. The molecule has 6 heteroatoms. The minimum absolute atomic E-state index is 0.0897. The van der Waals surface area contributed by atoms with Crippen molar-refractivity contribution in [2.75, 3.05) is 17.2 Å². The molecule has 1 aliphatic heterocycles. The van der Waals surface area contributed by atoms with Crippen LogP contribution < -0.4 is 10.6 Å². The largest absolute Gasteiger partial charge is 0.444 e. The van der Waals surface area contributed by atoms with E-state index in [1.54, 1.807) is 26.8 Å². The highest BCUT2D eigenvalue weighted by molar-refractivity contribution is 5.85. The van der Waals surface area contributed by atoms with Crippen LogP contribution in [0.4, 0.5) is 20.6 Å². The van der Waals surface area contributed by atoms with Crippen LogP contribution in [0.25, 0.3) is 0 Å². The fraction of sp³-hybridized carbons (Fsp3) is 0.588. The number of anilines is 2. The molecule has 0 aliphatic carbocycles. The molecular formula is C17H25FN2O3. The Kier molecular flexibility index (Phi) is 5.46. The molecule has 2 atom stereocenters. The molecule has 0 aromatic heterocycles. The lowest BCUT2D eigenvalue weighted by atomic mass is 10.2. The maximum atomic E-state index is 13.9. The van der Waals surface area contributed by atoms with Crippen LogP contribution in [0.2, 0.25) is 0 Å². The van der Waals surface area contributed by atoms with Gasteiger partial charge in [0.15, 0.2) is 0 Å². The minimum atomic E-state index is -0.582. The van der Waals surface area contributed by atoms with Gasteiger partial charge in [-0.25, -0.2) is 9.18 Å². The van der Waals surface area contributed by atoms with E-state index >= 15 is 0 Å². The van der Waals surface area contributed by atoms with Gasteiger partial charge in [0.25, 0.3) is 0 Å². The Labute approximate surface area is 136 Å². The van der Waals surface area contributed by atoms with Crippen molar-refractivity contribution >= 4 is 17.5 Å². The first-order valence-corrected chi connectivity index (χ1v) is 7.92. The lowest BCUT2D eigenvalue weighted by Gasteiger charge is -2.20. The zero-order chi connectivity index (χ0) is 17.0. The van der Waals surface area contributed by atoms with Crippen molar-refractivity contribution < 1.29 is 18.7 Å². The third-order valence-electron chi connectivity index (χ3n) is 3.45. The average Bonchev–Trinajstić information content (AvgIpc) is 2.83. The van der Waals surface area contributed by atoms with Crippen LogP contribution in [0.1, 0.15) is 40.5 Å². The van der Waals surface area contributed by atoms with Gasteiger partial charge in [0, 0.05) is 12.2 Å². The number of amides is 1. The highest BCUT2D eigenvalue weighted by Gasteiger charge is 2.22. The summed E-state index contributed by atoms with van der Waals surface area (Å²) in [6, 6.07) is 4.36. The smallest absolute Gasteiger partial charge is 0.412 e. The Morgan fingerprint density at radius 2 is 2.13 bits per heavy atom. The van der Waals surface area contributed by atoms with Crippen molar-refractivity contribution in [3.05, 3.63) is 24.0 Å². The molecule has 23 heavy (non-hydrogen) atoms. The first-order chi connectivity index (χ1) is 10.7. The molecule has 0 radical (unpaired) electrons. The van der Waals surface area contributed by atoms with E-state index in [-0.39, 0.29) is 18.0 Å². The van der Waals surface area contributed by atoms with Crippen molar-refractivity contribution in [1.29, 1.82) is 0 Å². The highest BCUT2D eigenvalue weighted by atomic mass is 19.1. The quantitative estimate of drug-likeness (QED) is 0.873. The first kappa shape index (κ1) is 17.5. The highest BCUT2D eigenvalue weighted by Crippen LogP contribution is 2.23. The Hall–Kier alpha value is -1.82. The average molecular weight is 324 g/mol. The van der Waals surface area contributed by atoms with E-state index in [0.717, 1.165) is 12.8 Å². The van der Waals surface area contributed by atoms with Gasteiger partial charge in [-0.3, -0.25) is 5.32 Å². The van der Waals surface area contributed by atoms with Crippen LogP contribution in [-0.4, -0.2) is 30.4 Å². The Bertz CT molecular complexity index is 557. The molecule has 128 valence electrons. The van der Waals surface area contributed by atoms with Gasteiger partial charge < -0.3 is 14.8 Å². The second-order valence-corrected chi connectivity index (χ2v) is 6.85. The maximum Gasteiger partial charge on any atom is 0.412 e. The number of nitrogens with one attached hydrogen (secondary N) is 2. The zero-order valence-electron chi connectivity index (χ0n) is 14.1. The van der Waals surface area contributed by atoms with E-state index < -0.39 is 11.7 Å². The summed E-state index contributed by atoms with van der Waals surface area (Å²) in [5.74, 6) is -0.370. The van der Waals surface area contributed by atoms with Gasteiger partial charge >= 0.3 is 6.09 Å². The van der Waals surface area contributed by atoms with Crippen LogP contribution in [0.15, 0.2) is 18.2 Å². The van der Waals surface area contributed by atoms with Crippen LogP contribution in [-0.2, 0) is 9.47 Å². The zero-order valence-corrected chi connectivity index (χ0v) is 14.1. The summed E-state index contributed by atoms with van der Waals surface area (Å²) in [6.07, 6.45) is 1.77. The van der Waals surface area contributed by atoms with E-state index in [0.29, 0.717) is 17.9 Å². The Morgan fingerprint density at radius 3 is 2.74 bits per heavy atom. The maximum absolute atomic E-state index is 13.9. The third-order valence-corrected chi connectivity index (χ3v) is 3.45. The molecular weight excluding hydrogens is 299 g/mol. The van der Waals surface area contributed by atoms with E-state index in [9.17, 15) is 9.18 Å². The van der Waals surface area contributed by atoms with Crippen LogP contribution in [0.3, 0.4) is 0 Å². The van der Waals surface area contributed by atoms with Crippen LogP contribution in [0, 0.1) is 5.82 Å². The summed E-state index contributed by atoms with van der Waals surface area (Å²) < 4.78 is 24.8. The molecule has 2 rings (SSSR count). The number of hydrogen-bond donors (Lipinski definition) is 2. The molecule has 0 bridgehead atoms. The summed E-state index contributed by atoms with van der Waals surface area (Å²) in [5.41, 5.74) is 0.229. The third kappa shape index (κ3) is 5.71. The topological polar surface area (TPSA) is 59.6 Å². The van der Waals surface area contributed by atoms with Gasteiger partial charge in [-0.2, -0.15) is 0 Å². The summed E-state index contributed by atoms with van der Waals surface area (Å²) in [5, 5.41) is 5.65. The van der Waals surface area contributed by atoms with Gasteiger partial charge in [0.1, 0.15) is 11.4 Å². The second kappa shape index (κ2) is 7.17. The van der Waals surface area contributed by atoms with E-state index in [2.05, 4.69) is 10.6 Å². The van der Waals surface area contributed by atoms with Crippen LogP contribution >= 0.6 is 0 Å². The van der Waals surface area contributed by atoms with Gasteiger partial charge in [0.05, 0.1) is 17.9 Å². The molecule has 1 aromatic rings. The molecule has 1 fully saturated rings. The fourth-order valence-electron chi connectivity index (χ4n) is 2.42. The SMILES string of the molecule is CC1CCC(CNc2cc(NC(=O)OC(C)(C)C)ccc2F)O1. The number of carbonyl (C=O) groups excluding carboxylic acids is 1. The first-order valence-electron chi connectivity index (χ1n) is 7.92. The van der Waals surface area contributed by atoms with Crippen molar-refractivity contribution in [3.8, 4) is 0 Å². The van der Waals surface area contributed by atoms with Gasteiger partial charge in [-0.05, 0) is 58.7 Å².